The van der Waals surface area contributed by atoms with Gasteiger partial charge in [0.2, 0.25) is 5.95 Å². The molecule has 3 heterocycles. The number of nitrogens with zero attached hydrogens (tertiary/aromatic N) is 7. The van der Waals surface area contributed by atoms with Crippen molar-refractivity contribution in [1.29, 1.82) is 0 Å². The Morgan fingerprint density at radius 2 is 1.74 bits per heavy atom. The molecule has 2 aromatic carbocycles. The Morgan fingerprint density at radius 1 is 1.03 bits per heavy atom. The largest absolute Gasteiger partial charge is 0.378 e. The second kappa shape index (κ2) is 11.6. The van der Waals surface area contributed by atoms with E-state index in [2.05, 4.69) is 30.0 Å². The number of para-hydroxylation sites is 2. The van der Waals surface area contributed by atoms with Crippen molar-refractivity contribution in [3.05, 3.63) is 83.5 Å². The fourth-order valence-corrected chi connectivity index (χ4v) is 5.02. The predicted octanol–water partition coefficient (Wildman–Crippen LogP) is 3.78. The van der Waals surface area contributed by atoms with E-state index in [0.29, 0.717) is 54.3 Å². The van der Waals surface area contributed by atoms with Crippen molar-refractivity contribution in [2.24, 2.45) is 10.3 Å². The molecule has 0 radical (unpaired) electrons. The summed E-state index contributed by atoms with van der Waals surface area (Å²) in [5.74, 6) is -0.0339. The summed E-state index contributed by atoms with van der Waals surface area (Å²) >= 11 is 5.68. The molecule has 0 aliphatic carbocycles. The van der Waals surface area contributed by atoms with E-state index >= 15 is 0 Å². The van der Waals surface area contributed by atoms with Crippen LogP contribution in [0.25, 0.3) is 16.6 Å². The Kier molecular flexibility index (Phi) is 7.76. The molecule has 0 atom stereocenters. The van der Waals surface area contributed by atoms with Gasteiger partial charge in [-0.1, -0.05) is 29.6 Å². The summed E-state index contributed by atoms with van der Waals surface area (Å²) in [4.78, 5) is 26.4. The van der Waals surface area contributed by atoms with E-state index in [9.17, 15) is 13.2 Å². The summed E-state index contributed by atoms with van der Waals surface area (Å²) in [6.07, 6.45) is 5.32. The molecule has 5 rings (SSSR count). The zero-order valence-corrected chi connectivity index (χ0v) is 22.0. The van der Waals surface area contributed by atoms with Gasteiger partial charge in [-0.05, 0) is 42.5 Å². The maximum Gasteiger partial charge on any atom is 0.264 e. The molecule has 39 heavy (non-hydrogen) atoms. The normalized spacial score (nSPS) is 14.6. The average molecular weight is 563 g/mol. The molecule has 0 unspecified atom stereocenters. The molecule has 1 aliphatic heterocycles. The van der Waals surface area contributed by atoms with Gasteiger partial charge in [-0.15, -0.1) is 5.11 Å². The average Bonchev–Trinajstić information content (AvgIpc) is 2.96. The van der Waals surface area contributed by atoms with Crippen LogP contribution in [0.3, 0.4) is 0 Å². The predicted molar refractivity (Wildman–Crippen MR) is 146 cm³/mol. The van der Waals surface area contributed by atoms with Crippen LogP contribution >= 0.6 is 12.2 Å². The Balaban J connectivity index is 1.47. The maximum atomic E-state index is 12.6. The quantitative estimate of drug-likeness (QED) is 0.147. The Morgan fingerprint density at radius 3 is 2.46 bits per heavy atom. The lowest BCUT2D eigenvalue weighted by Crippen LogP contribution is -2.32. The number of allylic oxidation sites excluding steroid dienone is 1. The number of carbonyl (C=O) groups excluding carboxylic acids is 1. The molecule has 0 spiro atoms. The molecule has 1 aliphatic rings. The summed E-state index contributed by atoms with van der Waals surface area (Å²) < 4.78 is 34.6. The van der Waals surface area contributed by atoms with Gasteiger partial charge >= 0.3 is 0 Å². The van der Waals surface area contributed by atoms with Crippen molar-refractivity contribution >= 4 is 56.8 Å². The fraction of sp³-hybridized carbons (Fsp3) is 0.160. The summed E-state index contributed by atoms with van der Waals surface area (Å²) in [6.45, 7) is 2.44. The first-order valence-corrected chi connectivity index (χ1v) is 13.7. The third-order valence-corrected chi connectivity index (χ3v) is 7.40. The van der Waals surface area contributed by atoms with E-state index < -0.39 is 10.0 Å². The number of nitrogens with one attached hydrogen (secondary N) is 1. The van der Waals surface area contributed by atoms with Crippen LogP contribution in [0, 0.1) is 4.64 Å². The van der Waals surface area contributed by atoms with E-state index in [1.165, 1.54) is 41.3 Å². The van der Waals surface area contributed by atoms with E-state index in [1.54, 1.807) is 24.4 Å². The highest BCUT2D eigenvalue weighted by Gasteiger charge is 2.16. The van der Waals surface area contributed by atoms with Gasteiger partial charge in [0.1, 0.15) is 5.69 Å². The number of ether oxygens (including phenoxy) is 1. The van der Waals surface area contributed by atoms with Gasteiger partial charge in [-0.2, -0.15) is 4.68 Å². The molecule has 0 saturated carbocycles. The number of carbonyl (C=O) groups is 1. The third kappa shape index (κ3) is 6.03. The zero-order valence-electron chi connectivity index (χ0n) is 20.4. The minimum atomic E-state index is -3.89. The first-order valence-electron chi connectivity index (χ1n) is 11.8. The highest BCUT2D eigenvalue weighted by Crippen LogP contribution is 2.23. The first kappa shape index (κ1) is 26.2. The van der Waals surface area contributed by atoms with Gasteiger partial charge in [-0.3, -0.25) is 4.79 Å². The highest BCUT2D eigenvalue weighted by molar-refractivity contribution is 7.92. The van der Waals surface area contributed by atoms with Crippen LogP contribution in [0.5, 0.6) is 0 Å². The van der Waals surface area contributed by atoms with E-state index in [1.807, 2.05) is 17.0 Å². The number of morpholine rings is 1. The molecular formula is C25H22N8O4S2. The lowest BCUT2D eigenvalue weighted by Gasteiger charge is -2.25. The first-order chi connectivity index (χ1) is 18.9. The number of aldehydes is 1. The Bertz CT molecular complexity index is 1720. The van der Waals surface area contributed by atoms with E-state index in [0.717, 1.165) is 6.29 Å². The third-order valence-electron chi connectivity index (χ3n) is 5.69. The van der Waals surface area contributed by atoms with Crippen LogP contribution in [-0.2, 0) is 19.6 Å². The lowest BCUT2D eigenvalue weighted by atomic mass is 10.2. The van der Waals surface area contributed by atoms with Crippen LogP contribution in [-0.4, -0.2) is 65.5 Å². The lowest BCUT2D eigenvalue weighted by molar-refractivity contribution is -0.103. The van der Waals surface area contributed by atoms with Crippen LogP contribution in [0.1, 0.15) is 5.69 Å². The molecule has 14 heteroatoms. The van der Waals surface area contributed by atoms with E-state index in [4.69, 9.17) is 17.0 Å². The molecule has 1 fully saturated rings. The maximum absolute atomic E-state index is 12.6. The molecule has 1 saturated heterocycles. The number of hydrogen-bond donors (Lipinski definition) is 1. The topological polar surface area (TPSA) is 144 Å². The highest BCUT2D eigenvalue weighted by atomic mass is 32.2. The number of aromatic nitrogens is 4. The number of rotatable bonds is 8. The van der Waals surface area contributed by atoms with Gasteiger partial charge in [0, 0.05) is 31.7 Å². The van der Waals surface area contributed by atoms with Crippen molar-refractivity contribution < 1.29 is 17.9 Å². The Hall–Kier alpha value is -4.40. The number of hydrogen-bond acceptors (Lipinski definition) is 11. The SMILES string of the molecule is O=C/C(=C\N1CCOCC1)c1nc2ccccc2n(N=Nc2ccc(S(=O)(=O)Nc3ncccn3)cc2)c1=S. The minimum absolute atomic E-state index is 0.00559. The van der Waals surface area contributed by atoms with Gasteiger partial charge in [0.25, 0.3) is 10.0 Å². The minimum Gasteiger partial charge on any atom is -0.378 e. The van der Waals surface area contributed by atoms with Gasteiger partial charge in [-0.25, -0.2) is 28.1 Å². The number of sulfonamides is 1. The summed E-state index contributed by atoms with van der Waals surface area (Å²) in [5.41, 5.74) is 2.18. The second-order valence-electron chi connectivity index (χ2n) is 8.28. The number of fused-ring (bicyclic) bond motifs is 1. The van der Waals surface area contributed by atoms with Crippen molar-refractivity contribution in [1.82, 2.24) is 24.5 Å². The number of benzene rings is 2. The summed E-state index contributed by atoms with van der Waals surface area (Å²) in [6, 6.07) is 14.6. The van der Waals surface area contributed by atoms with Crippen molar-refractivity contribution in [2.45, 2.75) is 4.90 Å². The summed E-state index contributed by atoms with van der Waals surface area (Å²) in [5, 5.41) is 8.58. The van der Waals surface area contributed by atoms with Crippen molar-refractivity contribution in [3.63, 3.8) is 0 Å². The molecule has 0 bridgehead atoms. The van der Waals surface area contributed by atoms with Gasteiger partial charge in [0.05, 0.1) is 40.4 Å². The van der Waals surface area contributed by atoms with Crippen molar-refractivity contribution in [2.75, 3.05) is 31.0 Å². The smallest absolute Gasteiger partial charge is 0.264 e. The van der Waals surface area contributed by atoms with Crippen LogP contribution in [0.15, 0.2) is 88.4 Å². The molecule has 0 amide bonds. The van der Waals surface area contributed by atoms with E-state index in [-0.39, 0.29) is 15.5 Å². The second-order valence-corrected chi connectivity index (χ2v) is 10.3. The summed E-state index contributed by atoms with van der Waals surface area (Å²) in [7, 11) is -3.89. The van der Waals surface area contributed by atoms with Crippen molar-refractivity contribution in [3.8, 4) is 0 Å². The standard InChI is InChI=1S/C25H22N8O4S2/c34-17-18(16-32-12-14-37-15-13-32)23-24(38)33(22-5-2-1-4-21(22)28-23)31-29-19-6-8-20(9-7-19)39(35,36)30-25-26-10-3-11-27-25/h1-11,16-17H,12-15H2,(H,26,27,30)/b18-16+,31-29?. The molecule has 12 nitrogen and oxygen atoms in total. The van der Waals surface area contributed by atoms with Crippen LogP contribution < -0.4 is 4.72 Å². The zero-order chi connectivity index (χ0) is 27.2. The Labute approximate surface area is 228 Å². The molecule has 4 aromatic rings. The molecule has 1 N–H and O–H groups in total. The number of anilines is 1. The monoisotopic (exact) mass is 562 g/mol. The van der Waals surface area contributed by atoms with Gasteiger partial charge < -0.3 is 9.64 Å². The van der Waals surface area contributed by atoms with Crippen LogP contribution in [0.4, 0.5) is 11.6 Å². The molecule has 2 aromatic heterocycles. The molecular weight excluding hydrogens is 540 g/mol. The molecule has 198 valence electrons. The fourth-order valence-electron chi connectivity index (χ4n) is 3.76. The van der Waals surface area contributed by atoms with Crippen LogP contribution in [0.2, 0.25) is 0 Å². The van der Waals surface area contributed by atoms with Gasteiger partial charge in [0.15, 0.2) is 10.9 Å².